The van der Waals surface area contributed by atoms with Gasteiger partial charge in [-0.2, -0.15) is 0 Å². The lowest BCUT2D eigenvalue weighted by Crippen LogP contribution is -2.56. The molecule has 0 bridgehead atoms. The van der Waals surface area contributed by atoms with E-state index < -0.39 is 24.2 Å². The Kier molecular flexibility index (Phi) is 10.1. The lowest BCUT2D eigenvalue weighted by atomic mass is 9.77. The van der Waals surface area contributed by atoms with Gasteiger partial charge < -0.3 is 25.2 Å². The molecule has 0 aromatic heterocycles. The summed E-state index contributed by atoms with van der Waals surface area (Å²) in [5, 5.41) is 23.6. The molecule has 210 valence electrons. The molecule has 0 spiro atoms. The molecule has 8 heteroatoms. The Labute approximate surface area is 229 Å². The summed E-state index contributed by atoms with van der Waals surface area (Å²) in [5.74, 6) is -0.732. The van der Waals surface area contributed by atoms with Crippen LogP contribution in [0.15, 0.2) is 60.2 Å². The number of para-hydroxylation sites is 1. The average molecular weight is 539 g/mol. The Morgan fingerprint density at radius 2 is 1.87 bits per heavy atom. The monoisotopic (exact) mass is 538 g/mol. The maximum absolute atomic E-state index is 13.8. The van der Waals surface area contributed by atoms with Crippen LogP contribution in [0.2, 0.25) is 0 Å². The molecule has 0 unspecified atom stereocenters. The van der Waals surface area contributed by atoms with Crippen molar-refractivity contribution < 1.29 is 28.9 Å². The molecule has 2 amide bonds. The number of carbonyl (C=O) groups is 2. The summed E-state index contributed by atoms with van der Waals surface area (Å²) in [5.41, 5.74) is 1.95. The van der Waals surface area contributed by atoms with E-state index >= 15 is 0 Å². The van der Waals surface area contributed by atoms with Crippen molar-refractivity contribution in [2.45, 2.75) is 76.0 Å². The fourth-order valence-electron chi connectivity index (χ4n) is 5.60. The summed E-state index contributed by atoms with van der Waals surface area (Å²) in [4.78, 5) is 28.5. The van der Waals surface area contributed by atoms with E-state index in [1.165, 1.54) is 12.1 Å². The van der Waals surface area contributed by atoms with Gasteiger partial charge in [-0.1, -0.05) is 62.9 Å². The van der Waals surface area contributed by atoms with Crippen LogP contribution >= 0.6 is 0 Å². The molecule has 0 saturated heterocycles. The zero-order valence-electron chi connectivity index (χ0n) is 22.5. The summed E-state index contributed by atoms with van der Waals surface area (Å²) in [6.07, 6.45) is 5.55. The molecular formula is C31H39FN2O5. The van der Waals surface area contributed by atoms with Gasteiger partial charge in [0.25, 0.3) is 0 Å². The summed E-state index contributed by atoms with van der Waals surface area (Å²) in [6, 6.07) is 12.9. The van der Waals surface area contributed by atoms with Gasteiger partial charge in [0.05, 0.1) is 18.6 Å². The quantitative estimate of drug-likeness (QED) is 0.336. The molecule has 2 aromatic rings. The molecule has 1 heterocycles. The van der Waals surface area contributed by atoms with Crippen LogP contribution in [0.1, 0.15) is 62.5 Å². The number of halogens is 1. The molecule has 4 rings (SSSR count). The maximum Gasteiger partial charge on any atom is 0.247 e. The molecule has 2 aromatic carbocycles. The fraction of sp³-hybridized carbons (Fsp3) is 0.484. The van der Waals surface area contributed by atoms with Crippen LogP contribution in [0.4, 0.5) is 4.39 Å². The van der Waals surface area contributed by atoms with Crippen molar-refractivity contribution in [3.05, 3.63) is 77.1 Å². The first-order valence-corrected chi connectivity index (χ1v) is 14.0. The molecule has 0 fully saturated rings. The van der Waals surface area contributed by atoms with E-state index in [4.69, 9.17) is 4.74 Å². The number of nitrogens with one attached hydrogen (secondary N) is 1. The molecule has 4 atom stereocenters. The Morgan fingerprint density at radius 3 is 2.64 bits per heavy atom. The Balaban J connectivity index is 1.64. The summed E-state index contributed by atoms with van der Waals surface area (Å²) in [6.45, 7) is 2.28. The minimum absolute atomic E-state index is 0.0866. The largest absolute Gasteiger partial charge is 0.486 e. The number of amides is 2. The highest BCUT2D eigenvalue weighted by molar-refractivity contribution is 5.96. The highest BCUT2D eigenvalue weighted by Crippen LogP contribution is 2.47. The lowest BCUT2D eigenvalue weighted by Gasteiger charge is -2.41. The number of aliphatic hydroxyl groups is 2. The zero-order chi connectivity index (χ0) is 27.8. The van der Waals surface area contributed by atoms with E-state index in [-0.39, 0.29) is 37.3 Å². The second-order valence-electron chi connectivity index (χ2n) is 10.3. The minimum atomic E-state index is -1.08. The number of benzene rings is 2. The number of ether oxygens (including phenoxy) is 1. The molecule has 0 saturated carbocycles. The summed E-state index contributed by atoms with van der Waals surface area (Å²) in [7, 11) is 0. The number of carbonyl (C=O) groups excluding carboxylic acids is 2. The molecule has 7 nitrogen and oxygen atoms in total. The average Bonchev–Trinajstić information content (AvgIpc) is 3.33. The van der Waals surface area contributed by atoms with Crippen LogP contribution < -0.4 is 10.1 Å². The summed E-state index contributed by atoms with van der Waals surface area (Å²) >= 11 is 0. The van der Waals surface area contributed by atoms with E-state index in [2.05, 4.69) is 12.2 Å². The van der Waals surface area contributed by atoms with Gasteiger partial charge in [-0.3, -0.25) is 9.59 Å². The lowest BCUT2D eigenvalue weighted by molar-refractivity contribution is -0.137. The standard InChI is InChI=1S/C31H39FN2O5/c1-2-3-4-5-6-14-27(36)34(17-15-21-10-9-11-22(32)19-21)25-20-24(31(38)33-16-18-35)28-23-12-7-8-13-26(23)39-30(28)29(25)37/h7-13,19-20,25,28-30,35,37H,2-6,14-18H2,1H3,(H,33,38)/t25-,28+,29+,30+/m1/s1. The first-order chi connectivity index (χ1) is 18.9. The van der Waals surface area contributed by atoms with Crippen molar-refractivity contribution in [3.63, 3.8) is 0 Å². The van der Waals surface area contributed by atoms with Crippen LogP contribution in [0, 0.1) is 5.82 Å². The maximum atomic E-state index is 13.8. The third kappa shape index (κ3) is 6.86. The van der Waals surface area contributed by atoms with E-state index in [0.717, 1.165) is 43.2 Å². The van der Waals surface area contributed by atoms with Gasteiger partial charge in [0, 0.05) is 30.6 Å². The predicted molar refractivity (Wildman–Crippen MR) is 147 cm³/mol. The van der Waals surface area contributed by atoms with Crippen LogP contribution in [-0.4, -0.2) is 64.9 Å². The van der Waals surface area contributed by atoms with Crippen molar-refractivity contribution in [2.24, 2.45) is 0 Å². The van der Waals surface area contributed by atoms with Gasteiger partial charge in [0.1, 0.15) is 23.8 Å². The Hall–Kier alpha value is -3.23. The summed E-state index contributed by atoms with van der Waals surface area (Å²) < 4.78 is 20.0. The second kappa shape index (κ2) is 13.7. The van der Waals surface area contributed by atoms with Gasteiger partial charge in [-0.15, -0.1) is 0 Å². The van der Waals surface area contributed by atoms with Crippen molar-refractivity contribution in [1.82, 2.24) is 10.2 Å². The van der Waals surface area contributed by atoms with E-state index in [0.29, 0.717) is 24.2 Å². The Bertz CT molecular complexity index is 1170. The SMILES string of the molecule is CCCCCCCC(=O)N(CCc1cccc(F)c1)[C@@H]1C=C(C(=O)NCCO)[C@@H]2c3ccccc3O[C@@H]2[C@H]1O. The van der Waals surface area contributed by atoms with E-state index in [1.807, 2.05) is 30.3 Å². The number of rotatable bonds is 13. The fourth-order valence-corrected chi connectivity index (χ4v) is 5.60. The number of unbranched alkanes of at least 4 members (excludes halogenated alkanes) is 4. The van der Waals surface area contributed by atoms with E-state index in [1.54, 1.807) is 17.0 Å². The first kappa shape index (κ1) is 28.8. The van der Waals surface area contributed by atoms with Gasteiger partial charge >= 0.3 is 0 Å². The molecule has 1 aliphatic heterocycles. The van der Waals surface area contributed by atoms with Gasteiger partial charge in [0.2, 0.25) is 11.8 Å². The third-order valence-corrected chi connectivity index (χ3v) is 7.58. The van der Waals surface area contributed by atoms with Crippen molar-refractivity contribution in [1.29, 1.82) is 0 Å². The topological polar surface area (TPSA) is 99.1 Å². The molecular weight excluding hydrogens is 499 g/mol. The molecule has 1 aliphatic carbocycles. The zero-order valence-corrected chi connectivity index (χ0v) is 22.5. The van der Waals surface area contributed by atoms with Crippen molar-refractivity contribution in [2.75, 3.05) is 19.7 Å². The molecule has 3 N–H and O–H groups in total. The van der Waals surface area contributed by atoms with Crippen LogP contribution in [0.5, 0.6) is 5.75 Å². The minimum Gasteiger partial charge on any atom is -0.486 e. The van der Waals surface area contributed by atoms with Gasteiger partial charge in [0.15, 0.2) is 0 Å². The van der Waals surface area contributed by atoms with Crippen LogP contribution in [0.25, 0.3) is 0 Å². The third-order valence-electron chi connectivity index (χ3n) is 7.58. The predicted octanol–water partition coefficient (Wildman–Crippen LogP) is 3.88. The number of aliphatic hydroxyl groups excluding tert-OH is 2. The number of fused-ring (bicyclic) bond motifs is 3. The van der Waals surface area contributed by atoms with Crippen LogP contribution in [0.3, 0.4) is 0 Å². The smallest absolute Gasteiger partial charge is 0.247 e. The van der Waals surface area contributed by atoms with Gasteiger partial charge in [-0.25, -0.2) is 4.39 Å². The van der Waals surface area contributed by atoms with Gasteiger partial charge in [-0.05, 0) is 42.7 Å². The second-order valence-corrected chi connectivity index (χ2v) is 10.3. The number of nitrogens with zero attached hydrogens (tertiary/aromatic N) is 1. The Morgan fingerprint density at radius 1 is 1.08 bits per heavy atom. The first-order valence-electron chi connectivity index (χ1n) is 14.0. The highest BCUT2D eigenvalue weighted by atomic mass is 19.1. The number of hydrogen-bond acceptors (Lipinski definition) is 5. The normalized spacial score (nSPS) is 21.4. The molecule has 39 heavy (non-hydrogen) atoms. The van der Waals surface area contributed by atoms with Crippen LogP contribution in [-0.2, 0) is 16.0 Å². The molecule has 2 aliphatic rings. The van der Waals surface area contributed by atoms with E-state index in [9.17, 15) is 24.2 Å². The number of hydrogen-bond donors (Lipinski definition) is 3. The highest BCUT2D eigenvalue weighted by Gasteiger charge is 2.50. The van der Waals surface area contributed by atoms with Crippen molar-refractivity contribution >= 4 is 11.8 Å². The van der Waals surface area contributed by atoms with Crippen molar-refractivity contribution in [3.8, 4) is 5.75 Å². The molecule has 0 radical (unpaired) electrons.